The van der Waals surface area contributed by atoms with Crippen LogP contribution in [0.1, 0.15) is 32.4 Å². The Morgan fingerprint density at radius 2 is 2.23 bits per heavy atom. The summed E-state index contributed by atoms with van der Waals surface area (Å²) in [4.78, 5) is 0. The van der Waals surface area contributed by atoms with Crippen molar-refractivity contribution in [1.29, 1.82) is 0 Å². The van der Waals surface area contributed by atoms with Crippen LogP contribution >= 0.6 is 0 Å². The fourth-order valence-electron chi connectivity index (χ4n) is 1.39. The molecule has 0 aromatic carbocycles. The van der Waals surface area contributed by atoms with Crippen LogP contribution in [0.5, 0.6) is 0 Å². The van der Waals surface area contributed by atoms with Gasteiger partial charge in [-0.1, -0.05) is 19.9 Å². The second kappa shape index (κ2) is 4.80. The van der Waals surface area contributed by atoms with Crippen molar-refractivity contribution in [1.82, 2.24) is 0 Å². The van der Waals surface area contributed by atoms with E-state index in [1.54, 1.807) is 0 Å². The van der Waals surface area contributed by atoms with Crippen LogP contribution in [0.4, 0.5) is 0 Å². The number of hydrogen-bond acceptors (Lipinski definition) is 0. The molecule has 1 nitrogen and oxygen atoms in total. The summed E-state index contributed by atoms with van der Waals surface area (Å²) in [6.45, 7) is 9.34. The molecule has 0 amide bonds. The normalized spacial score (nSPS) is 10.0. The standard InChI is InChI=1S/C12H18N/c1-4-5-9-13-10-7-6-8-12(13)11(2)3/h6-8,10H,2,4-5,9H2,1,3H3/q+1. The van der Waals surface area contributed by atoms with Crippen LogP contribution in [0.2, 0.25) is 0 Å². The maximum Gasteiger partial charge on any atom is 0.207 e. The number of nitrogens with zero attached hydrogens (tertiary/aromatic N) is 1. The molecule has 0 aliphatic rings. The maximum absolute atomic E-state index is 3.97. The largest absolute Gasteiger partial charge is 0.207 e. The van der Waals surface area contributed by atoms with E-state index in [-0.39, 0.29) is 0 Å². The monoisotopic (exact) mass is 176 g/mol. The second-order valence-electron chi connectivity index (χ2n) is 3.41. The molecule has 0 saturated carbocycles. The van der Waals surface area contributed by atoms with Gasteiger partial charge in [-0.3, -0.25) is 0 Å². The lowest BCUT2D eigenvalue weighted by Gasteiger charge is -2.01. The first-order valence-corrected chi connectivity index (χ1v) is 4.90. The molecular weight excluding hydrogens is 158 g/mol. The average Bonchev–Trinajstić information content (AvgIpc) is 2.15. The van der Waals surface area contributed by atoms with Gasteiger partial charge in [-0.25, -0.2) is 0 Å². The van der Waals surface area contributed by atoms with Gasteiger partial charge in [-0.15, -0.1) is 0 Å². The zero-order valence-electron chi connectivity index (χ0n) is 8.59. The number of pyridine rings is 1. The Bertz CT molecular complexity index is 289. The lowest BCUT2D eigenvalue weighted by atomic mass is 10.2. The van der Waals surface area contributed by atoms with Crippen molar-refractivity contribution < 1.29 is 4.57 Å². The van der Waals surface area contributed by atoms with E-state index < -0.39 is 0 Å². The summed E-state index contributed by atoms with van der Waals surface area (Å²) in [5.41, 5.74) is 2.38. The first-order valence-electron chi connectivity index (χ1n) is 4.90. The van der Waals surface area contributed by atoms with Gasteiger partial charge in [-0.05, 0) is 13.0 Å². The van der Waals surface area contributed by atoms with Crippen LogP contribution in [0, 0.1) is 0 Å². The van der Waals surface area contributed by atoms with Crippen molar-refractivity contribution in [2.45, 2.75) is 33.2 Å². The third kappa shape index (κ3) is 2.69. The summed E-state index contributed by atoms with van der Waals surface area (Å²) >= 11 is 0. The highest BCUT2D eigenvalue weighted by Crippen LogP contribution is 2.04. The lowest BCUT2D eigenvalue weighted by Crippen LogP contribution is -2.37. The van der Waals surface area contributed by atoms with Gasteiger partial charge in [0.15, 0.2) is 6.20 Å². The highest BCUT2D eigenvalue weighted by Gasteiger charge is 2.08. The van der Waals surface area contributed by atoms with Gasteiger partial charge in [0, 0.05) is 24.1 Å². The van der Waals surface area contributed by atoms with Crippen LogP contribution in [0.15, 0.2) is 31.0 Å². The van der Waals surface area contributed by atoms with Gasteiger partial charge in [0.05, 0.1) is 0 Å². The van der Waals surface area contributed by atoms with Gasteiger partial charge >= 0.3 is 0 Å². The number of aryl methyl sites for hydroxylation is 1. The van der Waals surface area contributed by atoms with E-state index in [1.165, 1.54) is 18.5 Å². The average molecular weight is 176 g/mol. The molecule has 70 valence electrons. The van der Waals surface area contributed by atoms with Crippen molar-refractivity contribution in [2.75, 3.05) is 0 Å². The third-order valence-electron chi connectivity index (χ3n) is 2.13. The van der Waals surface area contributed by atoms with Crippen LogP contribution in [-0.4, -0.2) is 0 Å². The van der Waals surface area contributed by atoms with E-state index in [9.17, 15) is 0 Å². The number of aromatic nitrogens is 1. The summed E-state index contributed by atoms with van der Waals surface area (Å²) in [6, 6.07) is 6.26. The summed E-state index contributed by atoms with van der Waals surface area (Å²) in [5.74, 6) is 0. The molecule has 0 radical (unpaired) electrons. The Hall–Kier alpha value is -1.11. The SMILES string of the molecule is C=C(C)c1cccc[n+]1CCCC. The topological polar surface area (TPSA) is 3.88 Å². The fourth-order valence-corrected chi connectivity index (χ4v) is 1.39. The van der Waals surface area contributed by atoms with E-state index in [1.807, 2.05) is 0 Å². The zero-order valence-corrected chi connectivity index (χ0v) is 8.59. The molecule has 1 aromatic rings. The molecule has 0 unspecified atom stereocenters. The molecule has 0 aliphatic heterocycles. The van der Waals surface area contributed by atoms with E-state index in [0.717, 1.165) is 12.1 Å². The Labute approximate surface area is 80.7 Å². The Morgan fingerprint density at radius 3 is 2.85 bits per heavy atom. The van der Waals surface area contributed by atoms with Gasteiger partial charge in [0.25, 0.3) is 0 Å². The number of hydrogen-bond donors (Lipinski definition) is 0. The molecule has 1 aromatic heterocycles. The fraction of sp³-hybridized carbons (Fsp3) is 0.417. The Morgan fingerprint density at radius 1 is 1.46 bits per heavy atom. The Kier molecular flexibility index (Phi) is 3.69. The molecule has 1 heterocycles. The van der Waals surface area contributed by atoms with E-state index in [4.69, 9.17) is 0 Å². The molecule has 0 atom stereocenters. The summed E-state index contributed by atoms with van der Waals surface area (Å²) in [6.07, 6.45) is 4.59. The predicted octanol–water partition coefficient (Wildman–Crippen LogP) is 2.81. The first kappa shape index (κ1) is 9.97. The summed E-state index contributed by atoms with van der Waals surface area (Å²) < 4.78 is 2.27. The summed E-state index contributed by atoms with van der Waals surface area (Å²) in [7, 11) is 0. The predicted molar refractivity (Wildman–Crippen MR) is 56.3 cm³/mol. The molecule has 0 fully saturated rings. The number of rotatable bonds is 4. The third-order valence-corrected chi connectivity index (χ3v) is 2.13. The molecule has 0 aliphatic carbocycles. The van der Waals surface area contributed by atoms with E-state index in [2.05, 4.69) is 49.4 Å². The highest BCUT2D eigenvalue weighted by atomic mass is 14.9. The molecule has 0 bridgehead atoms. The van der Waals surface area contributed by atoms with E-state index >= 15 is 0 Å². The quantitative estimate of drug-likeness (QED) is 0.621. The van der Waals surface area contributed by atoms with Gasteiger partial charge in [0.1, 0.15) is 6.54 Å². The van der Waals surface area contributed by atoms with Gasteiger partial charge < -0.3 is 0 Å². The molecule has 1 rings (SSSR count). The van der Waals surface area contributed by atoms with E-state index in [0.29, 0.717) is 0 Å². The van der Waals surface area contributed by atoms with Crippen LogP contribution in [0.25, 0.3) is 5.57 Å². The van der Waals surface area contributed by atoms with Crippen LogP contribution in [-0.2, 0) is 6.54 Å². The van der Waals surface area contributed by atoms with Crippen molar-refractivity contribution in [3.8, 4) is 0 Å². The van der Waals surface area contributed by atoms with Gasteiger partial charge in [0.2, 0.25) is 5.69 Å². The smallest absolute Gasteiger partial charge is 0.199 e. The summed E-state index contributed by atoms with van der Waals surface area (Å²) in [5, 5.41) is 0. The molecule has 1 heteroatoms. The van der Waals surface area contributed by atoms with Crippen molar-refractivity contribution in [3.63, 3.8) is 0 Å². The minimum Gasteiger partial charge on any atom is -0.199 e. The highest BCUT2D eigenvalue weighted by molar-refractivity contribution is 5.54. The van der Waals surface area contributed by atoms with Gasteiger partial charge in [-0.2, -0.15) is 4.57 Å². The maximum atomic E-state index is 3.97. The minimum absolute atomic E-state index is 1.10. The number of allylic oxidation sites excluding steroid dienone is 1. The number of unbranched alkanes of at least 4 members (excludes halogenated alkanes) is 1. The van der Waals surface area contributed by atoms with Crippen LogP contribution < -0.4 is 4.57 Å². The zero-order chi connectivity index (χ0) is 9.68. The Balaban J connectivity index is 2.84. The molecule has 13 heavy (non-hydrogen) atoms. The molecule has 0 N–H and O–H groups in total. The van der Waals surface area contributed by atoms with Crippen molar-refractivity contribution in [2.24, 2.45) is 0 Å². The molecule has 0 saturated heterocycles. The molecule has 0 spiro atoms. The molecular formula is C12H18N+. The first-order chi connectivity index (χ1) is 6.25. The lowest BCUT2D eigenvalue weighted by molar-refractivity contribution is -0.699. The van der Waals surface area contributed by atoms with Crippen molar-refractivity contribution >= 4 is 5.57 Å². The van der Waals surface area contributed by atoms with Crippen molar-refractivity contribution in [3.05, 3.63) is 36.7 Å². The minimum atomic E-state index is 1.10. The second-order valence-corrected chi connectivity index (χ2v) is 3.41. The van der Waals surface area contributed by atoms with Crippen LogP contribution in [0.3, 0.4) is 0 Å².